The second-order valence-electron chi connectivity index (χ2n) is 8.23. The second-order valence-corrected chi connectivity index (χ2v) is 8.23. The first-order valence-electron chi connectivity index (χ1n) is 8.10. The van der Waals surface area contributed by atoms with Crippen LogP contribution in [0.3, 0.4) is 0 Å². The maximum absolute atomic E-state index is 6.28. The average molecular weight is 248 g/mol. The van der Waals surface area contributed by atoms with Crippen molar-refractivity contribution in [2.75, 3.05) is 19.6 Å². The third kappa shape index (κ3) is 1.92. The normalized spacial score (nSPS) is 55.3. The fourth-order valence-electron chi connectivity index (χ4n) is 5.87. The summed E-state index contributed by atoms with van der Waals surface area (Å²) in [7, 11) is 0. The van der Waals surface area contributed by atoms with Gasteiger partial charge in [-0.25, -0.2) is 0 Å². The summed E-state index contributed by atoms with van der Waals surface area (Å²) in [6.07, 6.45) is 9.01. The summed E-state index contributed by atoms with van der Waals surface area (Å²) in [4.78, 5) is 2.67. The van der Waals surface area contributed by atoms with E-state index in [2.05, 4.69) is 11.8 Å². The van der Waals surface area contributed by atoms with E-state index in [1.807, 2.05) is 0 Å². The first-order chi connectivity index (χ1) is 8.59. The quantitative estimate of drug-likeness (QED) is 0.813. The predicted octanol–water partition coefficient (Wildman–Crippen LogP) is 2.48. The Morgan fingerprint density at radius 2 is 1.67 bits per heavy atom. The third-order valence-corrected chi connectivity index (χ3v) is 6.47. The molecule has 2 N–H and O–H groups in total. The zero-order valence-electron chi connectivity index (χ0n) is 11.8. The molecule has 5 rings (SSSR count). The first kappa shape index (κ1) is 11.7. The van der Waals surface area contributed by atoms with Gasteiger partial charge in [0.1, 0.15) is 0 Å². The number of hydrogen-bond donors (Lipinski definition) is 1. The molecule has 18 heavy (non-hydrogen) atoms. The van der Waals surface area contributed by atoms with E-state index in [9.17, 15) is 0 Å². The molecule has 1 heterocycles. The maximum atomic E-state index is 6.28. The molecule has 1 saturated heterocycles. The molecule has 4 saturated carbocycles. The van der Waals surface area contributed by atoms with Gasteiger partial charge in [-0.1, -0.05) is 0 Å². The molecule has 1 unspecified atom stereocenters. The maximum Gasteiger partial charge on any atom is 0.0267 e. The van der Waals surface area contributed by atoms with E-state index in [-0.39, 0.29) is 5.54 Å². The molecule has 0 aromatic carbocycles. The van der Waals surface area contributed by atoms with Crippen LogP contribution in [0.2, 0.25) is 0 Å². The van der Waals surface area contributed by atoms with Gasteiger partial charge < -0.3 is 10.6 Å². The van der Waals surface area contributed by atoms with Gasteiger partial charge in [0.15, 0.2) is 0 Å². The summed E-state index contributed by atoms with van der Waals surface area (Å²) in [5.41, 5.74) is 6.37. The van der Waals surface area contributed by atoms with Gasteiger partial charge in [-0.15, -0.1) is 0 Å². The Morgan fingerprint density at radius 3 is 2.17 bits per heavy atom. The lowest BCUT2D eigenvalue weighted by atomic mass is 9.52. The molecular weight excluding hydrogens is 220 g/mol. The lowest BCUT2D eigenvalue weighted by molar-refractivity contribution is -0.0472. The van der Waals surface area contributed by atoms with Crippen LogP contribution in [0.25, 0.3) is 0 Å². The summed E-state index contributed by atoms with van der Waals surface area (Å²) in [6.45, 7) is 5.97. The van der Waals surface area contributed by atoms with E-state index in [4.69, 9.17) is 5.73 Å². The minimum atomic E-state index is 0.0892. The van der Waals surface area contributed by atoms with Crippen molar-refractivity contribution < 1.29 is 0 Å². The van der Waals surface area contributed by atoms with Gasteiger partial charge in [-0.05, 0) is 75.0 Å². The minimum Gasteiger partial charge on any atom is -0.324 e. The topological polar surface area (TPSA) is 29.3 Å². The molecule has 0 aromatic rings. The van der Waals surface area contributed by atoms with Crippen molar-refractivity contribution in [3.63, 3.8) is 0 Å². The first-order valence-corrected chi connectivity index (χ1v) is 8.10. The van der Waals surface area contributed by atoms with Crippen molar-refractivity contribution >= 4 is 0 Å². The number of nitrogens with zero attached hydrogens (tertiary/aromatic N) is 1. The van der Waals surface area contributed by atoms with Crippen molar-refractivity contribution in [3.05, 3.63) is 0 Å². The van der Waals surface area contributed by atoms with E-state index < -0.39 is 0 Å². The van der Waals surface area contributed by atoms with Crippen LogP contribution in [-0.4, -0.2) is 30.1 Å². The number of rotatable bonds is 2. The molecule has 0 spiro atoms. The lowest BCUT2D eigenvalue weighted by Crippen LogP contribution is -2.49. The van der Waals surface area contributed by atoms with Crippen LogP contribution in [0.15, 0.2) is 0 Å². The van der Waals surface area contributed by atoms with Gasteiger partial charge in [0.05, 0.1) is 0 Å². The molecule has 5 fully saturated rings. The molecule has 1 atom stereocenters. The van der Waals surface area contributed by atoms with Crippen LogP contribution >= 0.6 is 0 Å². The number of likely N-dealkylation sites (tertiary alicyclic amines) is 1. The second kappa shape index (κ2) is 3.96. The number of hydrogen-bond acceptors (Lipinski definition) is 2. The van der Waals surface area contributed by atoms with Crippen LogP contribution in [0.4, 0.5) is 0 Å². The molecule has 2 nitrogen and oxygen atoms in total. The SMILES string of the molecule is CC1(N)CCN(CC2C3CC4CC(C3)CC2C4)C1. The Bertz CT molecular complexity index is 308. The fourth-order valence-corrected chi connectivity index (χ4v) is 5.87. The van der Waals surface area contributed by atoms with Crippen LogP contribution in [0.1, 0.15) is 45.4 Å². The van der Waals surface area contributed by atoms with Crippen molar-refractivity contribution in [1.29, 1.82) is 0 Å². The van der Waals surface area contributed by atoms with Gasteiger partial charge in [0.25, 0.3) is 0 Å². The van der Waals surface area contributed by atoms with Crippen molar-refractivity contribution in [2.45, 2.75) is 51.0 Å². The molecule has 0 radical (unpaired) electrons. The van der Waals surface area contributed by atoms with E-state index in [0.717, 1.165) is 36.1 Å². The molecule has 4 bridgehead atoms. The summed E-state index contributed by atoms with van der Waals surface area (Å²) < 4.78 is 0. The highest BCUT2D eigenvalue weighted by atomic mass is 15.2. The van der Waals surface area contributed by atoms with Crippen LogP contribution in [0.5, 0.6) is 0 Å². The fraction of sp³-hybridized carbons (Fsp3) is 1.00. The van der Waals surface area contributed by atoms with Crippen molar-refractivity contribution in [1.82, 2.24) is 4.90 Å². The highest BCUT2D eigenvalue weighted by molar-refractivity contribution is 5.00. The van der Waals surface area contributed by atoms with E-state index >= 15 is 0 Å². The molecule has 2 heteroatoms. The zero-order valence-corrected chi connectivity index (χ0v) is 11.8. The van der Waals surface area contributed by atoms with Gasteiger partial charge in [0.2, 0.25) is 0 Å². The van der Waals surface area contributed by atoms with Crippen LogP contribution < -0.4 is 5.73 Å². The molecule has 5 aliphatic rings. The third-order valence-electron chi connectivity index (χ3n) is 6.47. The Morgan fingerprint density at radius 1 is 1.06 bits per heavy atom. The summed E-state index contributed by atoms with van der Waals surface area (Å²) in [6, 6.07) is 0. The van der Waals surface area contributed by atoms with Crippen molar-refractivity contribution in [3.8, 4) is 0 Å². The monoisotopic (exact) mass is 248 g/mol. The Kier molecular flexibility index (Phi) is 2.58. The molecular formula is C16H28N2. The Balaban J connectivity index is 1.43. The van der Waals surface area contributed by atoms with Crippen LogP contribution in [-0.2, 0) is 0 Å². The molecule has 4 aliphatic carbocycles. The highest BCUT2D eigenvalue weighted by Crippen LogP contribution is 2.56. The highest BCUT2D eigenvalue weighted by Gasteiger charge is 2.48. The molecule has 102 valence electrons. The minimum absolute atomic E-state index is 0.0892. The Hall–Kier alpha value is -0.0800. The standard InChI is InChI=1S/C16H28N2/c1-16(17)2-3-18(10-16)9-15-13-5-11-4-12(7-13)8-14(15)6-11/h11-15H,2-10,17H2,1H3. The molecule has 0 aromatic heterocycles. The average Bonchev–Trinajstić information content (AvgIpc) is 2.62. The van der Waals surface area contributed by atoms with Crippen LogP contribution in [0, 0.1) is 29.6 Å². The van der Waals surface area contributed by atoms with Crippen molar-refractivity contribution in [2.24, 2.45) is 35.3 Å². The van der Waals surface area contributed by atoms with Gasteiger partial charge in [-0.3, -0.25) is 0 Å². The molecule has 1 aliphatic heterocycles. The van der Waals surface area contributed by atoms with E-state index in [1.54, 1.807) is 32.1 Å². The van der Waals surface area contributed by atoms with Gasteiger partial charge in [-0.2, -0.15) is 0 Å². The largest absolute Gasteiger partial charge is 0.324 e. The summed E-state index contributed by atoms with van der Waals surface area (Å²) in [5, 5.41) is 0. The van der Waals surface area contributed by atoms with E-state index in [0.29, 0.717) is 0 Å². The number of nitrogens with two attached hydrogens (primary N) is 1. The lowest BCUT2D eigenvalue weighted by Gasteiger charge is -2.55. The zero-order chi connectivity index (χ0) is 12.3. The summed E-state index contributed by atoms with van der Waals surface area (Å²) >= 11 is 0. The Labute approximate surface area is 111 Å². The summed E-state index contributed by atoms with van der Waals surface area (Å²) in [5.74, 6) is 5.40. The predicted molar refractivity (Wildman–Crippen MR) is 74.2 cm³/mol. The smallest absolute Gasteiger partial charge is 0.0267 e. The van der Waals surface area contributed by atoms with E-state index in [1.165, 1.54) is 19.5 Å². The van der Waals surface area contributed by atoms with Gasteiger partial charge >= 0.3 is 0 Å². The molecule has 0 amide bonds. The van der Waals surface area contributed by atoms with Gasteiger partial charge in [0, 0.05) is 25.2 Å².